The van der Waals surface area contributed by atoms with Gasteiger partial charge in [0, 0.05) is 40.3 Å². The Bertz CT molecular complexity index is 1220. The lowest BCUT2D eigenvalue weighted by atomic mass is 10.0. The van der Waals surface area contributed by atoms with Gasteiger partial charge in [-0.3, -0.25) is 9.59 Å². The van der Waals surface area contributed by atoms with E-state index < -0.39 is 6.29 Å². The van der Waals surface area contributed by atoms with E-state index in [1.807, 2.05) is 30.3 Å². The zero-order chi connectivity index (χ0) is 26.2. The molecule has 1 aliphatic heterocycles. The normalized spacial score (nSPS) is 19.4. The van der Waals surface area contributed by atoms with Gasteiger partial charge in [0.1, 0.15) is 0 Å². The fraction of sp³-hybridized carbons (Fsp3) is 0.310. The van der Waals surface area contributed by atoms with Crippen molar-refractivity contribution < 1.29 is 29.3 Å². The van der Waals surface area contributed by atoms with Crippen LogP contribution in [0.3, 0.4) is 0 Å². The molecule has 37 heavy (non-hydrogen) atoms. The predicted octanol–water partition coefficient (Wildman–Crippen LogP) is 4.90. The van der Waals surface area contributed by atoms with Crippen LogP contribution in [0.2, 0.25) is 0 Å². The minimum atomic E-state index is -0.676. The summed E-state index contributed by atoms with van der Waals surface area (Å²) in [6.07, 6.45) is -0.354. The number of hydrogen-bond acceptors (Lipinski definition) is 7. The molecular formula is C29H31NO6S. The molecule has 0 saturated carbocycles. The van der Waals surface area contributed by atoms with Gasteiger partial charge in [-0.2, -0.15) is 11.8 Å². The molecule has 3 atom stereocenters. The third-order valence-electron chi connectivity index (χ3n) is 6.10. The van der Waals surface area contributed by atoms with Gasteiger partial charge >= 0.3 is 0 Å². The van der Waals surface area contributed by atoms with E-state index in [4.69, 9.17) is 9.47 Å². The molecule has 1 aliphatic rings. The maximum absolute atomic E-state index is 13.0. The van der Waals surface area contributed by atoms with Crippen molar-refractivity contribution in [2.24, 2.45) is 0 Å². The molecule has 4 rings (SSSR count). The molecule has 0 aliphatic carbocycles. The second-order valence-electron chi connectivity index (χ2n) is 8.87. The maximum Gasteiger partial charge on any atom is 0.255 e. The number of carbonyl (C=O) groups excluding carboxylic acids is 2. The van der Waals surface area contributed by atoms with Crippen LogP contribution < -0.4 is 5.32 Å². The first-order valence-corrected chi connectivity index (χ1v) is 13.3. The summed E-state index contributed by atoms with van der Waals surface area (Å²) in [4.78, 5) is 24.7. The zero-order valence-corrected chi connectivity index (χ0v) is 21.4. The van der Waals surface area contributed by atoms with E-state index in [1.165, 1.54) is 6.92 Å². The third-order valence-corrected chi connectivity index (χ3v) is 7.18. The Labute approximate surface area is 220 Å². The van der Waals surface area contributed by atoms with Crippen LogP contribution in [0.1, 0.15) is 63.1 Å². The second kappa shape index (κ2) is 13.0. The van der Waals surface area contributed by atoms with Crippen LogP contribution in [0.15, 0.2) is 72.8 Å². The van der Waals surface area contributed by atoms with Crippen LogP contribution in [0.5, 0.6) is 0 Å². The summed E-state index contributed by atoms with van der Waals surface area (Å²) < 4.78 is 12.6. The quantitative estimate of drug-likeness (QED) is 0.257. The SMILES string of the molecule is CC(=O)c1cccc(NC(=O)c2cccc(C3OC(CSCCO)CC(c4ccc(CO)cc4)O3)c2)c1. The molecule has 3 N–H and O–H groups in total. The molecule has 0 radical (unpaired) electrons. The molecule has 1 fully saturated rings. The highest BCUT2D eigenvalue weighted by Gasteiger charge is 2.32. The fourth-order valence-corrected chi connectivity index (χ4v) is 4.92. The second-order valence-corrected chi connectivity index (χ2v) is 10.0. The number of thioether (sulfide) groups is 1. The molecule has 1 amide bonds. The number of ether oxygens (including phenoxy) is 2. The molecule has 0 bridgehead atoms. The molecule has 194 valence electrons. The van der Waals surface area contributed by atoms with Crippen molar-refractivity contribution in [2.45, 2.75) is 38.4 Å². The Morgan fingerprint density at radius 3 is 2.43 bits per heavy atom. The number of rotatable bonds is 10. The van der Waals surface area contributed by atoms with Gasteiger partial charge in [0.2, 0.25) is 0 Å². The van der Waals surface area contributed by atoms with Crippen molar-refractivity contribution in [2.75, 3.05) is 23.4 Å². The van der Waals surface area contributed by atoms with E-state index in [1.54, 1.807) is 54.2 Å². The van der Waals surface area contributed by atoms with Gasteiger partial charge in [0.15, 0.2) is 12.1 Å². The molecule has 0 aromatic heterocycles. The first-order chi connectivity index (χ1) is 18.0. The van der Waals surface area contributed by atoms with E-state index in [-0.39, 0.29) is 37.1 Å². The Kier molecular flexibility index (Phi) is 9.49. The predicted molar refractivity (Wildman–Crippen MR) is 144 cm³/mol. The van der Waals surface area contributed by atoms with Crippen molar-refractivity contribution >= 4 is 29.1 Å². The van der Waals surface area contributed by atoms with Crippen LogP contribution in [-0.4, -0.2) is 46.1 Å². The first-order valence-electron chi connectivity index (χ1n) is 12.2. The van der Waals surface area contributed by atoms with Crippen LogP contribution >= 0.6 is 11.8 Å². The van der Waals surface area contributed by atoms with Gasteiger partial charge in [-0.05, 0) is 42.3 Å². The largest absolute Gasteiger partial charge is 0.396 e. The van der Waals surface area contributed by atoms with Gasteiger partial charge in [0.05, 0.1) is 25.4 Å². The number of amides is 1. The smallest absolute Gasteiger partial charge is 0.255 e. The summed E-state index contributed by atoms with van der Waals surface area (Å²) in [5.41, 5.74) is 4.05. The van der Waals surface area contributed by atoms with Crippen LogP contribution in [0.4, 0.5) is 5.69 Å². The van der Waals surface area contributed by atoms with Crippen LogP contribution in [-0.2, 0) is 16.1 Å². The van der Waals surface area contributed by atoms with Crippen molar-refractivity contribution in [1.82, 2.24) is 0 Å². The number of aliphatic hydroxyl groups is 2. The topological polar surface area (TPSA) is 105 Å². The lowest BCUT2D eigenvalue weighted by Gasteiger charge is -2.36. The average molecular weight is 522 g/mol. The summed E-state index contributed by atoms with van der Waals surface area (Å²) in [6.45, 7) is 1.57. The fourth-order valence-electron chi connectivity index (χ4n) is 4.15. The first kappa shape index (κ1) is 27.0. The van der Waals surface area contributed by atoms with Crippen molar-refractivity contribution in [1.29, 1.82) is 0 Å². The number of aliphatic hydroxyl groups excluding tert-OH is 2. The molecular weight excluding hydrogens is 490 g/mol. The van der Waals surface area contributed by atoms with Crippen molar-refractivity contribution in [3.63, 3.8) is 0 Å². The number of nitrogens with one attached hydrogen (secondary N) is 1. The lowest BCUT2D eigenvalue weighted by molar-refractivity contribution is -0.245. The highest BCUT2D eigenvalue weighted by atomic mass is 32.2. The van der Waals surface area contributed by atoms with Crippen molar-refractivity contribution in [3.05, 3.63) is 101 Å². The number of benzene rings is 3. The number of hydrogen-bond donors (Lipinski definition) is 3. The lowest BCUT2D eigenvalue weighted by Crippen LogP contribution is -2.31. The molecule has 3 aromatic carbocycles. The molecule has 1 saturated heterocycles. The summed E-state index contributed by atoms with van der Waals surface area (Å²) in [7, 11) is 0. The van der Waals surface area contributed by atoms with Crippen LogP contribution in [0, 0.1) is 0 Å². The zero-order valence-electron chi connectivity index (χ0n) is 20.6. The summed E-state index contributed by atoms with van der Waals surface area (Å²) in [5.74, 6) is 0.960. The van der Waals surface area contributed by atoms with Gasteiger partial charge in [-0.25, -0.2) is 0 Å². The molecule has 8 heteroatoms. The molecule has 7 nitrogen and oxygen atoms in total. The van der Waals surface area contributed by atoms with Gasteiger partial charge in [-0.1, -0.05) is 48.5 Å². The summed E-state index contributed by atoms with van der Waals surface area (Å²) in [5, 5.41) is 21.4. The average Bonchev–Trinajstić information content (AvgIpc) is 2.93. The third kappa shape index (κ3) is 7.28. The van der Waals surface area contributed by atoms with E-state index in [9.17, 15) is 19.8 Å². The highest BCUT2D eigenvalue weighted by molar-refractivity contribution is 7.99. The monoisotopic (exact) mass is 521 g/mol. The molecule has 3 aromatic rings. The van der Waals surface area contributed by atoms with E-state index >= 15 is 0 Å². The van der Waals surface area contributed by atoms with E-state index in [0.29, 0.717) is 34.7 Å². The minimum Gasteiger partial charge on any atom is -0.396 e. The van der Waals surface area contributed by atoms with E-state index in [2.05, 4.69) is 5.32 Å². The number of ketones is 1. The molecule has 3 unspecified atom stereocenters. The van der Waals surface area contributed by atoms with Gasteiger partial charge in [-0.15, -0.1) is 0 Å². The van der Waals surface area contributed by atoms with Crippen molar-refractivity contribution in [3.8, 4) is 0 Å². The molecule has 0 spiro atoms. The summed E-state index contributed by atoms with van der Waals surface area (Å²) >= 11 is 1.62. The van der Waals surface area contributed by atoms with Gasteiger partial charge < -0.3 is 25.0 Å². The number of anilines is 1. The number of Topliss-reactive ketones (excluding diaryl/α,β-unsaturated/α-hetero) is 1. The highest BCUT2D eigenvalue weighted by Crippen LogP contribution is 2.39. The Balaban J connectivity index is 1.53. The summed E-state index contributed by atoms with van der Waals surface area (Å²) in [6, 6.07) is 21.6. The van der Waals surface area contributed by atoms with Crippen LogP contribution in [0.25, 0.3) is 0 Å². The standard InChI is InChI=1S/C29H31NO6S/c1-19(33)22-4-3-7-25(15-22)30-28(34)23-5-2-6-24(14-23)29-35-26(18-37-13-12-31)16-27(36-29)21-10-8-20(17-32)9-11-21/h2-11,14-15,26-27,29,31-32H,12-13,16-18H2,1H3,(H,30,34). The molecule has 1 heterocycles. The Hall–Kier alpha value is -3.01. The maximum atomic E-state index is 13.0. The Morgan fingerprint density at radius 2 is 1.70 bits per heavy atom. The van der Waals surface area contributed by atoms with E-state index in [0.717, 1.165) is 16.7 Å². The Morgan fingerprint density at radius 1 is 0.946 bits per heavy atom. The number of carbonyl (C=O) groups is 2. The minimum absolute atomic E-state index is 0.0220. The van der Waals surface area contributed by atoms with Gasteiger partial charge in [0.25, 0.3) is 5.91 Å².